The molecule has 0 aliphatic rings. The summed E-state index contributed by atoms with van der Waals surface area (Å²) in [4.78, 5) is 11.9. The minimum Gasteiger partial charge on any atom is -0.449 e. The van der Waals surface area contributed by atoms with Gasteiger partial charge in [0, 0.05) is 10.7 Å². The summed E-state index contributed by atoms with van der Waals surface area (Å²) in [6.07, 6.45) is 21.0. The number of ether oxygens (including phenoxy) is 1. The van der Waals surface area contributed by atoms with Gasteiger partial charge in [0.1, 0.15) is 0 Å². The Bertz CT molecular complexity index is 562. The highest BCUT2D eigenvalue weighted by Crippen LogP contribution is 2.20. The van der Waals surface area contributed by atoms with Crippen molar-refractivity contribution in [3.63, 3.8) is 0 Å². The average molecular weight is 438 g/mol. The van der Waals surface area contributed by atoms with Crippen LogP contribution in [0.5, 0.6) is 0 Å². The number of unbranched alkanes of at least 4 members (excludes halogenated alkanes) is 15. The molecule has 0 radical (unpaired) electrons. The number of anilines is 1. The highest BCUT2D eigenvalue weighted by atomic mass is 35.5. The van der Waals surface area contributed by atoms with Gasteiger partial charge in [0.2, 0.25) is 0 Å². The monoisotopic (exact) mass is 437 g/mol. The lowest BCUT2D eigenvalue weighted by Crippen LogP contribution is -2.15. The van der Waals surface area contributed by atoms with Gasteiger partial charge < -0.3 is 4.74 Å². The van der Waals surface area contributed by atoms with Crippen molar-refractivity contribution in [3.8, 4) is 0 Å². The molecule has 30 heavy (non-hydrogen) atoms. The molecule has 0 heterocycles. The Labute approximate surface area is 190 Å². The van der Waals surface area contributed by atoms with Crippen LogP contribution in [0.3, 0.4) is 0 Å². The van der Waals surface area contributed by atoms with E-state index in [9.17, 15) is 4.79 Å². The molecule has 0 unspecified atom stereocenters. The van der Waals surface area contributed by atoms with Gasteiger partial charge in [-0.2, -0.15) is 0 Å². The Morgan fingerprint density at radius 2 is 1.27 bits per heavy atom. The molecule has 4 heteroatoms. The second-order valence-electron chi connectivity index (χ2n) is 8.52. The zero-order valence-electron chi connectivity index (χ0n) is 19.4. The molecular formula is C26H44ClNO2. The zero-order valence-corrected chi connectivity index (χ0v) is 20.2. The summed E-state index contributed by atoms with van der Waals surface area (Å²) in [5.74, 6) is 0. The van der Waals surface area contributed by atoms with E-state index in [0.717, 1.165) is 18.4 Å². The summed E-state index contributed by atoms with van der Waals surface area (Å²) in [5.41, 5.74) is 1.68. The number of halogens is 1. The standard InChI is InChI=1S/C26H44ClNO2/c1-3-4-5-6-7-8-9-10-11-12-13-14-15-16-17-18-21-30-26(29)28-25-22-24(27)20-19-23(25)2/h19-20,22H,3-18,21H2,1-2H3,(H,28,29). The zero-order chi connectivity index (χ0) is 21.9. The lowest BCUT2D eigenvalue weighted by Gasteiger charge is -2.09. The number of carbonyl (C=O) groups is 1. The smallest absolute Gasteiger partial charge is 0.411 e. The highest BCUT2D eigenvalue weighted by Gasteiger charge is 2.06. The van der Waals surface area contributed by atoms with Crippen molar-refractivity contribution in [2.75, 3.05) is 11.9 Å². The first-order valence-corrected chi connectivity index (χ1v) is 12.7. The fourth-order valence-electron chi connectivity index (χ4n) is 3.69. The quantitative estimate of drug-likeness (QED) is 0.232. The Hall–Kier alpha value is -1.22. The molecular weight excluding hydrogens is 394 g/mol. The van der Waals surface area contributed by atoms with Gasteiger partial charge in [0.25, 0.3) is 0 Å². The van der Waals surface area contributed by atoms with Crippen LogP contribution in [0.1, 0.15) is 115 Å². The molecule has 0 saturated carbocycles. The third kappa shape index (κ3) is 14.7. The van der Waals surface area contributed by atoms with Gasteiger partial charge >= 0.3 is 6.09 Å². The molecule has 1 aromatic rings. The molecule has 1 rings (SSSR count). The fourth-order valence-corrected chi connectivity index (χ4v) is 3.86. The molecule has 172 valence electrons. The highest BCUT2D eigenvalue weighted by molar-refractivity contribution is 6.30. The van der Waals surface area contributed by atoms with E-state index in [2.05, 4.69) is 12.2 Å². The number of hydrogen-bond donors (Lipinski definition) is 1. The van der Waals surface area contributed by atoms with E-state index in [1.807, 2.05) is 19.1 Å². The van der Waals surface area contributed by atoms with Crippen molar-refractivity contribution in [1.82, 2.24) is 0 Å². The van der Waals surface area contributed by atoms with Crippen LogP contribution >= 0.6 is 11.6 Å². The maximum absolute atomic E-state index is 11.9. The summed E-state index contributed by atoms with van der Waals surface area (Å²) in [6, 6.07) is 5.43. The van der Waals surface area contributed by atoms with Crippen LogP contribution in [0.2, 0.25) is 5.02 Å². The van der Waals surface area contributed by atoms with E-state index in [4.69, 9.17) is 16.3 Å². The van der Waals surface area contributed by atoms with Crippen molar-refractivity contribution in [2.45, 2.75) is 117 Å². The van der Waals surface area contributed by atoms with Crippen LogP contribution in [0.25, 0.3) is 0 Å². The first-order valence-electron chi connectivity index (χ1n) is 12.3. The molecule has 0 fully saturated rings. The molecule has 0 bridgehead atoms. The van der Waals surface area contributed by atoms with Gasteiger partial charge in [-0.3, -0.25) is 5.32 Å². The van der Waals surface area contributed by atoms with E-state index in [1.54, 1.807) is 6.07 Å². The molecule has 0 aliphatic heterocycles. The van der Waals surface area contributed by atoms with E-state index >= 15 is 0 Å². The van der Waals surface area contributed by atoms with Crippen LogP contribution in [-0.2, 0) is 4.74 Å². The van der Waals surface area contributed by atoms with Crippen molar-refractivity contribution in [3.05, 3.63) is 28.8 Å². The first kappa shape index (κ1) is 26.8. The molecule has 1 aromatic carbocycles. The summed E-state index contributed by atoms with van der Waals surface area (Å²) in [6.45, 7) is 4.69. The largest absolute Gasteiger partial charge is 0.449 e. The number of carbonyl (C=O) groups excluding carboxylic acids is 1. The van der Waals surface area contributed by atoms with Crippen molar-refractivity contribution in [2.24, 2.45) is 0 Å². The van der Waals surface area contributed by atoms with Gasteiger partial charge in [-0.25, -0.2) is 4.79 Å². The number of aryl methyl sites for hydroxylation is 1. The molecule has 0 spiro atoms. The minimum absolute atomic E-state index is 0.402. The Kier molecular flexibility index (Phi) is 16.6. The lowest BCUT2D eigenvalue weighted by atomic mass is 10.0. The molecule has 0 atom stereocenters. The maximum Gasteiger partial charge on any atom is 0.411 e. The van der Waals surface area contributed by atoms with E-state index < -0.39 is 6.09 Å². The molecule has 1 amide bonds. The number of rotatable bonds is 18. The third-order valence-electron chi connectivity index (χ3n) is 5.67. The predicted molar refractivity (Wildman–Crippen MR) is 131 cm³/mol. The molecule has 0 aliphatic carbocycles. The fraction of sp³-hybridized carbons (Fsp3) is 0.731. The second-order valence-corrected chi connectivity index (χ2v) is 8.96. The molecule has 0 saturated heterocycles. The molecule has 3 nitrogen and oxygen atoms in total. The second kappa shape index (κ2) is 18.5. The van der Waals surface area contributed by atoms with Crippen LogP contribution < -0.4 is 5.32 Å². The van der Waals surface area contributed by atoms with Crippen LogP contribution in [0, 0.1) is 6.92 Å². The minimum atomic E-state index is -0.402. The SMILES string of the molecule is CCCCCCCCCCCCCCCCCCOC(=O)Nc1cc(Cl)ccc1C. The van der Waals surface area contributed by atoms with Crippen LogP contribution in [0.4, 0.5) is 10.5 Å². The Morgan fingerprint density at radius 1 is 0.800 bits per heavy atom. The molecule has 0 aromatic heterocycles. The number of hydrogen-bond acceptors (Lipinski definition) is 2. The first-order chi connectivity index (χ1) is 14.6. The molecule has 1 N–H and O–H groups in total. The van der Waals surface area contributed by atoms with Crippen LogP contribution in [-0.4, -0.2) is 12.7 Å². The summed E-state index contributed by atoms with van der Waals surface area (Å²) in [5, 5.41) is 3.37. The van der Waals surface area contributed by atoms with Gasteiger partial charge in [-0.15, -0.1) is 0 Å². The third-order valence-corrected chi connectivity index (χ3v) is 5.90. The maximum atomic E-state index is 11.9. The summed E-state index contributed by atoms with van der Waals surface area (Å²) >= 11 is 5.96. The van der Waals surface area contributed by atoms with Gasteiger partial charge in [-0.1, -0.05) is 121 Å². The van der Waals surface area contributed by atoms with E-state index in [-0.39, 0.29) is 0 Å². The van der Waals surface area contributed by atoms with Crippen molar-refractivity contribution in [1.29, 1.82) is 0 Å². The lowest BCUT2D eigenvalue weighted by molar-refractivity contribution is 0.159. The van der Waals surface area contributed by atoms with E-state index in [1.165, 1.54) is 89.9 Å². The van der Waals surface area contributed by atoms with Crippen molar-refractivity contribution >= 4 is 23.4 Å². The normalized spacial score (nSPS) is 10.9. The number of benzene rings is 1. The topological polar surface area (TPSA) is 38.3 Å². The average Bonchev–Trinajstić information content (AvgIpc) is 2.73. The number of amides is 1. The van der Waals surface area contributed by atoms with Gasteiger partial charge in [0.15, 0.2) is 0 Å². The number of nitrogens with one attached hydrogen (secondary N) is 1. The van der Waals surface area contributed by atoms with Crippen LogP contribution in [0.15, 0.2) is 18.2 Å². The van der Waals surface area contributed by atoms with Gasteiger partial charge in [-0.05, 0) is 31.0 Å². The Morgan fingerprint density at radius 3 is 1.77 bits per heavy atom. The van der Waals surface area contributed by atoms with Crippen molar-refractivity contribution < 1.29 is 9.53 Å². The Balaban J connectivity index is 1.83. The summed E-state index contributed by atoms with van der Waals surface area (Å²) < 4.78 is 5.27. The van der Waals surface area contributed by atoms with E-state index in [0.29, 0.717) is 17.3 Å². The summed E-state index contributed by atoms with van der Waals surface area (Å²) in [7, 11) is 0. The predicted octanol–water partition coefficient (Wildman–Crippen LogP) is 9.46. The van der Waals surface area contributed by atoms with Gasteiger partial charge in [0.05, 0.1) is 6.61 Å².